The Hall–Kier alpha value is -0.120. The Kier molecular flexibility index (Phi) is 6.34. The average Bonchev–Trinajstić information content (AvgIpc) is 1.98. The van der Waals surface area contributed by atoms with E-state index in [0.29, 0.717) is 0 Å². The summed E-state index contributed by atoms with van der Waals surface area (Å²) >= 11 is 0. The van der Waals surface area contributed by atoms with Crippen molar-refractivity contribution in [3.05, 3.63) is 0 Å². The Morgan fingerprint density at radius 1 is 1.42 bits per heavy atom. The van der Waals surface area contributed by atoms with Crippen LogP contribution >= 0.6 is 0 Å². The Balaban J connectivity index is 3.33. The SMILES string of the molecule is COCCCNC(C)(C)CCO. The molecule has 0 fully saturated rings. The predicted molar refractivity (Wildman–Crippen MR) is 50.3 cm³/mol. The quantitative estimate of drug-likeness (QED) is 0.562. The maximum absolute atomic E-state index is 8.74. The van der Waals surface area contributed by atoms with Crippen LogP contribution in [0.1, 0.15) is 26.7 Å². The van der Waals surface area contributed by atoms with Gasteiger partial charge in [0, 0.05) is 25.9 Å². The highest BCUT2D eigenvalue weighted by atomic mass is 16.5. The minimum atomic E-state index is 0.0441. The van der Waals surface area contributed by atoms with Gasteiger partial charge in [-0.2, -0.15) is 0 Å². The summed E-state index contributed by atoms with van der Waals surface area (Å²) < 4.78 is 4.93. The summed E-state index contributed by atoms with van der Waals surface area (Å²) in [6.07, 6.45) is 1.81. The third-order valence-corrected chi connectivity index (χ3v) is 1.87. The molecule has 0 aliphatic rings. The Morgan fingerprint density at radius 2 is 2.08 bits per heavy atom. The van der Waals surface area contributed by atoms with Crippen molar-refractivity contribution in [2.24, 2.45) is 0 Å². The maximum atomic E-state index is 8.74. The number of hydrogen-bond donors (Lipinski definition) is 2. The molecule has 0 saturated carbocycles. The zero-order valence-electron chi connectivity index (χ0n) is 8.39. The maximum Gasteiger partial charge on any atom is 0.0474 e. The molecule has 3 heteroatoms. The normalized spacial score (nSPS) is 12.0. The van der Waals surface area contributed by atoms with Crippen LogP contribution in [0.2, 0.25) is 0 Å². The Morgan fingerprint density at radius 3 is 2.58 bits per heavy atom. The van der Waals surface area contributed by atoms with E-state index < -0.39 is 0 Å². The molecule has 74 valence electrons. The Bertz CT molecular complexity index is 105. The lowest BCUT2D eigenvalue weighted by atomic mass is 10.0. The minimum Gasteiger partial charge on any atom is -0.396 e. The first-order valence-electron chi connectivity index (χ1n) is 4.47. The van der Waals surface area contributed by atoms with E-state index in [1.165, 1.54) is 0 Å². The molecule has 0 saturated heterocycles. The number of aliphatic hydroxyl groups excluding tert-OH is 1. The van der Waals surface area contributed by atoms with Gasteiger partial charge in [-0.05, 0) is 33.2 Å². The number of aliphatic hydroxyl groups is 1. The second-order valence-electron chi connectivity index (χ2n) is 3.63. The van der Waals surface area contributed by atoms with E-state index in [4.69, 9.17) is 9.84 Å². The van der Waals surface area contributed by atoms with Gasteiger partial charge in [0.05, 0.1) is 0 Å². The van der Waals surface area contributed by atoms with E-state index in [9.17, 15) is 0 Å². The smallest absolute Gasteiger partial charge is 0.0474 e. The summed E-state index contributed by atoms with van der Waals surface area (Å²) in [5.74, 6) is 0. The van der Waals surface area contributed by atoms with Gasteiger partial charge in [-0.1, -0.05) is 0 Å². The van der Waals surface area contributed by atoms with Crippen LogP contribution < -0.4 is 5.32 Å². The van der Waals surface area contributed by atoms with Crippen LogP contribution in [0.5, 0.6) is 0 Å². The molecule has 2 N–H and O–H groups in total. The van der Waals surface area contributed by atoms with E-state index in [-0.39, 0.29) is 12.1 Å². The van der Waals surface area contributed by atoms with Gasteiger partial charge in [0.15, 0.2) is 0 Å². The van der Waals surface area contributed by atoms with Crippen molar-refractivity contribution in [3.63, 3.8) is 0 Å². The standard InChI is InChI=1S/C9H21NO2/c1-9(2,5-7-11)10-6-4-8-12-3/h10-11H,4-8H2,1-3H3. The lowest BCUT2D eigenvalue weighted by Gasteiger charge is -2.25. The zero-order chi connectivity index (χ0) is 9.45. The molecule has 0 spiro atoms. The van der Waals surface area contributed by atoms with Crippen molar-refractivity contribution in [1.29, 1.82) is 0 Å². The van der Waals surface area contributed by atoms with Crippen molar-refractivity contribution >= 4 is 0 Å². The van der Waals surface area contributed by atoms with E-state index in [1.807, 2.05) is 0 Å². The fraction of sp³-hybridized carbons (Fsp3) is 1.00. The van der Waals surface area contributed by atoms with E-state index >= 15 is 0 Å². The van der Waals surface area contributed by atoms with Crippen LogP contribution in [0.15, 0.2) is 0 Å². The summed E-state index contributed by atoms with van der Waals surface area (Å²) in [6.45, 7) is 6.17. The molecule has 0 rings (SSSR count). The van der Waals surface area contributed by atoms with Crippen molar-refractivity contribution in [2.45, 2.75) is 32.2 Å². The lowest BCUT2D eigenvalue weighted by Crippen LogP contribution is -2.40. The van der Waals surface area contributed by atoms with E-state index in [0.717, 1.165) is 26.0 Å². The predicted octanol–water partition coefficient (Wildman–Crippen LogP) is 0.773. The first kappa shape index (κ1) is 11.9. The molecular weight excluding hydrogens is 154 g/mol. The number of rotatable bonds is 7. The molecule has 0 aromatic rings. The highest BCUT2D eigenvalue weighted by Gasteiger charge is 2.14. The summed E-state index contributed by atoms with van der Waals surface area (Å²) in [5.41, 5.74) is 0.0441. The van der Waals surface area contributed by atoms with Gasteiger partial charge < -0.3 is 15.2 Å². The van der Waals surface area contributed by atoms with Crippen LogP contribution in [0.3, 0.4) is 0 Å². The molecule has 0 radical (unpaired) electrons. The summed E-state index contributed by atoms with van der Waals surface area (Å²) in [7, 11) is 1.71. The van der Waals surface area contributed by atoms with Gasteiger partial charge in [-0.3, -0.25) is 0 Å². The molecule has 3 nitrogen and oxygen atoms in total. The van der Waals surface area contributed by atoms with E-state index in [2.05, 4.69) is 19.2 Å². The molecule has 0 aromatic heterocycles. The van der Waals surface area contributed by atoms with Gasteiger partial charge in [0.2, 0.25) is 0 Å². The molecule has 12 heavy (non-hydrogen) atoms. The number of nitrogens with one attached hydrogen (secondary N) is 1. The monoisotopic (exact) mass is 175 g/mol. The molecule has 0 amide bonds. The van der Waals surface area contributed by atoms with Crippen molar-refractivity contribution in [1.82, 2.24) is 5.32 Å². The average molecular weight is 175 g/mol. The summed E-state index contributed by atoms with van der Waals surface area (Å²) in [5, 5.41) is 12.1. The van der Waals surface area contributed by atoms with Gasteiger partial charge in [0.1, 0.15) is 0 Å². The fourth-order valence-electron chi connectivity index (χ4n) is 1.01. The van der Waals surface area contributed by atoms with Crippen LogP contribution in [-0.2, 0) is 4.74 Å². The third kappa shape index (κ3) is 6.58. The zero-order valence-corrected chi connectivity index (χ0v) is 8.39. The second-order valence-corrected chi connectivity index (χ2v) is 3.63. The lowest BCUT2D eigenvalue weighted by molar-refractivity contribution is 0.186. The topological polar surface area (TPSA) is 41.5 Å². The largest absolute Gasteiger partial charge is 0.396 e. The summed E-state index contributed by atoms with van der Waals surface area (Å²) in [4.78, 5) is 0. The molecule has 0 aromatic carbocycles. The van der Waals surface area contributed by atoms with Gasteiger partial charge in [-0.15, -0.1) is 0 Å². The summed E-state index contributed by atoms with van der Waals surface area (Å²) in [6, 6.07) is 0. The van der Waals surface area contributed by atoms with Crippen LogP contribution in [0.4, 0.5) is 0 Å². The van der Waals surface area contributed by atoms with Gasteiger partial charge in [-0.25, -0.2) is 0 Å². The molecule has 0 aliphatic carbocycles. The fourth-order valence-corrected chi connectivity index (χ4v) is 1.01. The van der Waals surface area contributed by atoms with Gasteiger partial charge >= 0.3 is 0 Å². The molecular formula is C9H21NO2. The first-order chi connectivity index (χ1) is 5.62. The molecule has 0 atom stereocenters. The van der Waals surface area contributed by atoms with Crippen molar-refractivity contribution < 1.29 is 9.84 Å². The highest BCUT2D eigenvalue weighted by Crippen LogP contribution is 2.06. The van der Waals surface area contributed by atoms with Crippen molar-refractivity contribution in [3.8, 4) is 0 Å². The van der Waals surface area contributed by atoms with Crippen LogP contribution in [-0.4, -0.2) is 37.5 Å². The highest BCUT2D eigenvalue weighted by molar-refractivity contribution is 4.76. The minimum absolute atomic E-state index is 0.0441. The van der Waals surface area contributed by atoms with Crippen molar-refractivity contribution in [2.75, 3.05) is 26.9 Å². The third-order valence-electron chi connectivity index (χ3n) is 1.87. The van der Waals surface area contributed by atoms with Crippen LogP contribution in [0.25, 0.3) is 0 Å². The number of hydrogen-bond acceptors (Lipinski definition) is 3. The van der Waals surface area contributed by atoms with Gasteiger partial charge in [0.25, 0.3) is 0 Å². The number of ether oxygens (including phenoxy) is 1. The first-order valence-corrected chi connectivity index (χ1v) is 4.47. The molecule has 0 aliphatic heterocycles. The molecule has 0 bridgehead atoms. The molecule has 0 heterocycles. The number of methoxy groups -OCH3 is 1. The Labute approximate surface area is 75.1 Å². The van der Waals surface area contributed by atoms with E-state index in [1.54, 1.807) is 7.11 Å². The second kappa shape index (κ2) is 6.40. The molecule has 0 unspecified atom stereocenters. The van der Waals surface area contributed by atoms with Crippen LogP contribution in [0, 0.1) is 0 Å².